The molecule has 102 valence electrons. The first-order valence-corrected chi connectivity index (χ1v) is 5.87. The van der Waals surface area contributed by atoms with Crippen LogP contribution in [-0.4, -0.2) is 29.2 Å². The Labute approximate surface area is 110 Å². The van der Waals surface area contributed by atoms with E-state index in [1.807, 2.05) is 0 Å². The van der Waals surface area contributed by atoms with Gasteiger partial charge in [0.2, 0.25) is 11.8 Å². The van der Waals surface area contributed by atoms with E-state index in [0.29, 0.717) is 5.69 Å². The molecule has 5 nitrogen and oxygen atoms in total. The minimum Gasteiger partial charge on any atom is -0.480 e. The van der Waals surface area contributed by atoms with E-state index in [-0.39, 0.29) is 5.82 Å². The third-order valence-corrected chi connectivity index (χ3v) is 2.76. The molecule has 0 unspecified atom stereocenters. The fraction of sp³-hybridized carbons (Fsp3) is 0.300. The molecule has 0 fully saturated rings. The molecule has 2 aromatic heterocycles. The second kappa shape index (κ2) is 5.00. The lowest BCUT2D eigenvalue weighted by atomic mass is 10.3. The standard InChI is InChI=1S/C10H8F3N3O2S/c1-17-8-6(10(11,12)13)9(18-2)16-7(15-8)5-3-19-4-14-5/h3-4H,1-2H3. The number of ether oxygens (including phenoxy) is 2. The van der Waals surface area contributed by atoms with Gasteiger partial charge in [-0.3, -0.25) is 0 Å². The van der Waals surface area contributed by atoms with Crippen LogP contribution in [0.2, 0.25) is 0 Å². The normalized spacial score (nSPS) is 11.4. The fourth-order valence-electron chi connectivity index (χ4n) is 1.40. The van der Waals surface area contributed by atoms with Crippen LogP contribution in [0.3, 0.4) is 0 Å². The van der Waals surface area contributed by atoms with E-state index in [1.54, 1.807) is 5.38 Å². The average Bonchev–Trinajstić information content (AvgIpc) is 2.89. The summed E-state index contributed by atoms with van der Waals surface area (Å²) >= 11 is 1.28. The van der Waals surface area contributed by atoms with Gasteiger partial charge in [-0.1, -0.05) is 0 Å². The number of thiazole rings is 1. The molecule has 0 bridgehead atoms. The average molecular weight is 291 g/mol. The van der Waals surface area contributed by atoms with Crippen LogP contribution in [-0.2, 0) is 6.18 Å². The highest BCUT2D eigenvalue weighted by molar-refractivity contribution is 7.07. The summed E-state index contributed by atoms with van der Waals surface area (Å²) in [5.41, 5.74) is 0.738. The lowest BCUT2D eigenvalue weighted by Crippen LogP contribution is -2.13. The minimum atomic E-state index is -4.67. The monoisotopic (exact) mass is 291 g/mol. The van der Waals surface area contributed by atoms with Crippen LogP contribution < -0.4 is 9.47 Å². The SMILES string of the molecule is COc1nc(-c2cscn2)nc(OC)c1C(F)(F)F. The first-order valence-electron chi connectivity index (χ1n) is 4.93. The maximum atomic E-state index is 12.9. The van der Waals surface area contributed by atoms with Gasteiger partial charge in [0.05, 0.1) is 19.7 Å². The summed E-state index contributed by atoms with van der Waals surface area (Å²) in [5.74, 6) is -1.17. The van der Waals surface area contributed by atoms with Crippen molar-refractivity contribution < 1.29 is 22.6 Å². The zero-order valence-electron chi connectivity index (χ0n) is 9.85. The fourth-order valence-corrected chi connectivity index (χ4v) is 1.93. The summed E-state index contributed by atoms with van der Waals surface area (Å²) in [6.07, 6.45) is -4.67. The summed E-state index contributed by atoms with van der Waals surface area (Å²) in [5, 5.41) is 1.61. The first-order chi connectivity index (χ1) is 8.97. The summed E-state index contributed by atoms with van der Waals surface area (Å²) in [6.45, 7) is 0. The second-order valence-corrected chi connectivity index (χ2v) is 4.03. The summed E-state index contributed by atoms with van der Waals surface area (Å²) in [7, 11) is 2.20. The van der Waals surface area contributed by atoms with Crippen LogP contribution >= 0.6 is 11.3 Å². The molecular formula is C10H8F3N3O2S. The topological polar surface area (TPSA) is 57.1 Å². The molecule has 19 heavy (non-hydrogen) atoms. The van der Waals surface area contributed by atoms with E-state index in [9.17, 15) is 13.2 Å². The molecule has 9 heteroatoms. The van der Waals surface area contributed by atoms with Crippen LogP contribution in [0.15, 0.2) is 10.9 Å². The summed E-state index contributed by atoms with van der Waals surface area (Å²) < 4.78 is 48.1. The van der Waals surface area contributed by atoms with Crippen molar-refractivity contribution in [1.29, 1.82) is 0 Å². The number of hydrogen-bond donors (Lipinski definition) is 0. The van der Waals surface area contributed by atoms with Crippen LogP contribution in [0.1, 0.15) is 5.56 Å². The van der Waals surface area contributed by atoms with Crippen LogP contribution in [0.4, 0.5) is 13.2 Å². The Bertz CT molecular complexity index is 547. The number of alkyl halides is 3. The second-order valence-electron chi connectivity index (χ2n) is 3.31. The van der Waals surface area contributed by atoms with Crippen molar-refractivity contribution in [3.63, 3.8) is 0 Å². The summed E-state index contributed by atoms with van der Waals surface area (Å²) in [4.78, 5) is 11.4. The Morgan fingerprint density at radius 2 is 1.68 bits per heavy atom. The number of halogens is 3. The van der Waals surface area contributed by atoms with E-state index in [1.165, 1.54) is 16.8 Å². The van der Waals surface area contributed by atoms with Crippen LogP contribution in [0.25, 0.3) is 11.5 Å². The number of rotatable bonds is 3. The first kappa shape index (κ1) is 13.5. The molecule has 0 amide bonds. The van der Waals surface area contributed by atoms with Gasteiger partial charge in [-0.25, -0.2) is 4.98 Å². The molecule has 2 heterocycles. The van der Waals surface area contributed by atoms with Crippen molar-refractivity contribution in [2.75, 3.05) is 14.2 Å². The number of hydrogen-bond acceptors (Lipinski definition) is 6. The smallest absolute Gasteiger partial charge is 0.426 e. The third kappa shape index (κ3) is 2.60. The van der Waals surface area contributed by atoms with Gasteiger partial charge in [-0.05, 0) is 0 Å². The molecule has 0 aliphatic heterocycles. The highest BCUT2D eigenvalue weighted by atomic mass is 32.1. The van der Waals surface area contributed by atoms with Gasteiger partial charge in [0.15, 0.2) is 11.4 Å². The van der Waals surface area contributed by atoms with Crippen LogP contribution in [0.5, 0.6) is 11.8 Å². The van der Waals surface area contributed by atoms with Gasteiger partial charge >= 0.3 is 6.18 Å². The van der Waals surface area contributed by atoms with Crippen LogP contribution in [0, 0.1) is 0 Å². The third-order valence-electron chi connectivity index (χ3n) is 2.17. The van der Waals surface area contributed by atoms with E-state index in [2.05, 4.69) is 24.4 Å². The van der Waals surface area contributed by atoms with Crippen molar-refractivity contribution >= 4 is 11.3 Å². The predicted molar refractivity (Wildman–Crippen MR) is 61.2 cm³/mol. The van der Waals surface area contributed by atoms with E-state index in [4.69, 9.17) is 0 Å². The molecule has 0 saturated heterocycles. The molecule has 0 atom stereocenters. The lowest BCUT2D eigenvalue weighted by Gasteiger charge is -2.14. The quantitative estimate of drug-likeness (QED) is 0.870. The molecule has 0 N–H and O–H groups in total. The molecule has 0 radical (unpaired) electrons. The lowest BCUT2D eigenvalue weighted by molar-refractivity contribution is -0.140. The molecular weight excluding hydrogens is 283 g/mol. The van der Waals surface area contributed by atoms with Crippen molar-refractivity contribution in [3.8, 4) is 23.3 Å². The maximum absolute atomic E-state index is 12.9. The van der Waals surface area contributed by atoms with E-state index >= 15 is 0 Å². The van der Waals surface area contributed by atoms with Gasteiger partial charge in [0.1, 0.15) is 5.69 Å². The number of aromatic nitrogens is 3. The van der Waals surface area contributed by atoms with Crippen molar-refractivity contribution in [2.24, 2.45) is 0 Å². The van der Waals surface area contributed by atoms with Crippen molar-refractivity contribution in [1.82, 2.24) is 15.0 Å². The molecule has 0 aliphatic rings. The van der Waals surface area contributed by atoms with Gasteiger partial charge in [0, 0.05) is 5.38 Å². The molecule has 2 aromatic rings. The highest BCUT2D eigenvalue weighted by Gasteiger charge is 2.40. The van der Waals surface area contributed by atoms with Crippen molar-refractivity contribution in [2.45, 2.75) is 6.18 Å². The zero-order chi connectivity index (χ0) is 14.0. The Hall–Kier alpha value is -1.90. The predicted octanol–water partition coefficient (Wildman–Crippen LogP) is 2.64. The van der Waals surface area contributed by atoms with Gasteiger partial charge < -0.3 is 9.47 Å². The van der Waals surface area contributed by atoms with Gasteiger partial charge in [0.25, 0.3) is 0 Å². The van der Waals surface area contributed by atoms with Gasteiger partial charge in [-0.15, -0.1) is 11.3 Å². The molecule has 0 spiro atoms. The Morgan fingerprint density at radius 3 is 2.05 bits per heavy atom. The minimum absolute atomic E-state index is 0.0166. The van der Waals surface area contributed by atoms with E-state index < -0.39 is 23.5 Å². The Kier molecular flexibility index (Phi) is 3.56. The number of methoxy groups -OCH3 is 2. The van der Waals surface area contributed by atoms with Crippen molar-refractivity contribution in [3.05, 3.63) is 16.5 Å². The molecule has 2 rings (SSSR count). The Balaban J connectivity index is 2.65. The highest BCUT2D eigenvalue weighted by Crippen LogP contribution is 2.41. The number of nitrogens with zero attached hydrogens (tertiary/aromatic N) is 3. The maximum Gasteiger partial charge on any atom is 0.426 e. The summed E-state index contributed by atoms with van der Waals surface area (Å²) in [6, 6.07) is 0. The molecule has 0 aliphatic carbocycles. The Morgan fingerprint density at radius 1 is 1.11 bits per heavy atom. The largest absolute Gasteiger partial charge is 0.480 e. The molecule has 0 aromatic carbocycles. The molecule has 0 saturated carbocycles. The van der Waals surface area contributed by atoms with Gasteiger partial charge in [-0.2, -0.15) is 23.1 Å². The zero-order valence-corrected chi connectivity index (χ0v) is 10.7. The van der Waals surface area contributed by atoms with E-state index in [0.717, 1.165) is 14.2 Å².